The van der Waals surface area contributed by atoms with Gasteiger partial charge in [-0.1, -0.05) is 43.3 Å². The number of rotatable bonds is 8. The van der Waals surface area contributed by atoms with Crippen molar-refractivity contribution in [2.45, 2.75) is 24.9 Å². The largest absolute Gasteiger partial charge is 0.356 e. The Bertz CT molecular complexity index is 972. The molecule has 0 spiro atoms. The van der Waals surface area contributed by atoms with Crippen LogP contribution in [0.1, 0.15) is 19.0 Å². The van der Waals surface area contributed by atoms with Crippen LogP contribution < -0.4 is 16.2 Å². The van der Waals surface area contributed by atoms with Gasteiger partial charge in [-0.25, -0.2) is 4.98 Å². The number of aromatic amines is 1. The molecule has 3 rings (SSSR count). The molecule has 0 aliphatic heterocycles. The van der Waals surface area contributed by atoms with Crippen LogP contribution >= 0.6 is 11.8 Å². The highest BCUT2D eigenvalue weighted by molar-refractivity contribution is 7.99. The maximum atomic E-state index is 12.2. The zero-order valence-corrected chi connectivity index (χ0v) is 16.4. The van der Waals surface area contributed by atoms with E-state index < -0.39 is 0 Å². The van der Waals surface area contributed by atoms with Gasteiger partial charge in [0.05, 0.1) is 5.75 Å². The van der Waals surface area contributed by atoms with Crippen molar-refractivity contribution in [3.05, 3.63) is 76.7 Å². The number of carbonyl (C=O) groups is 1. The first kappa shape index (κ1) is 19.7. The van der Waals surface area contributed by atoms with Crippen LogP contribution in [0, 0.1) is 0 Å². The molecule has 2 aromatic carbocycles. The molecule has 0 aliphatic rings. The predicted octanol–water partition coefficient (Wildman–Crippen LogP) is 4.20. The zero-order valence-electron chi connectivity index (χ0n) is 15.6. The van der Waals surface area contributed by atoms with E-state index in [1.807, 2.05) is 61.5 Å². The number of nitrogens with zero attached hydrogens (tertiary/aromatic N) is 1. The number of amides is 1. The first-order valence-corrected chi connectivity index (χ1v) is 10.1. The van der Waals surface area contributed by atoms with Crippen LogP contribution in [-0.4, -0.2) is 21.6 Å². The highest BCUT2D eigenvalue weighted by Crippen LogP contribution is 2.19. The van der Waals surface area contributed by atoms with Gasteiger partial charge in [0, 0.05) is 28.8 Å². The van der Waals surface area contributed by atoms with E-state index in [2.05, 4.69) is 20.6 Å². The van der Waals surface area contributed by atoms with Crippen LogP contribution in [0.2, 0.25) is 0 Å². The van der Waals surface area contributed by atoms with Crippen molar-refractivity contribution in [2.75, 3.05) is 16.4 Å². The van der Waals surface area contributed by atoms with E-state index in [4.69, 9.17) is 0 Å². The van der Waals surface area contributed by atoms with Crippen molar-refractivity contribution in [3.8, 4) is 0 Å². The SMILES string of the molecule is CCCc1cc(=O)[nH]c(SCC(=O)Nc2ccc(Nc3ccccc3)cc2)n1. The predicted molar refractivity (Wildman–Crippen MR) is 114 cm³/mol. The molecular formula is C21H22N4O2S. The van der Waals surface area contributed by atoms with Gasteiger partial charge >= 0.3 is 0 Å². The number of para-hydroxylation sites is 1. The average Bonchev–Trinajstić information content (AvgIpc) is 2.69. The third-order valence-electron chi connectivity index (χ3n) is 3.85. The van der Waals surface area contributed by atoms with E-state index >= 15 is 0 Å². The van der Waals surface area contributed by atoms with Crippen molar-refractivity contribution in [2.24, 2.45) is 0 Å². The van der Waals surface area contributed by atoms with Crippen molar-refractivity contribution >= 4 is 34.7 Å². The molecular weight excluding hydrogens is 372 g/mol. The molecule has 0 bridgehead atoms. The molecule has 0 unspecified atom stereocenters. The fourth-order valence-electron chi connectivity index (χ4n) is 2.59. The van der Waals surface area contributed by atoms with Crippen molar-refractivity contribution in [1.82, 2.24) is 9.97 Å². The van der Waals surface area contributed by atoms with Crippen molar-refractivity contribution < 1.29 is 4.79 Å². The summed E-state index contributed by atoms with van der Waals surface area (Å²) in [6.45, 7) is 2.03. The summed E-state index contributed by atoms with van der Waals surface area (Å²) in [5.41, 5.74) is 3.21. The Balaban J connectivity index is 1.53. The number of hydrogen-bond acceptors (Lipinski definition) is 5. The summed E-state index contributed by atoms with van der Waals surface area (Å²) in [4.78, 5) is 30.9. The van der Waals surface area contributed by atoms with E-state index in [1.165, 1.54) is 17.8 Å². The Kier molecular flexibility index (Phi) is 6.86. The fraction of sp³-hybridized carbons (Fsp3) is 0.190. The monoisotopic (exact) mass is 394 g/mol. The van der Waals surface area contributed by atoms with Gasteiger partial charge in [0.15, 0.2) is 5.16 Å². The van der Waals surface area contributed by atoms with E-state index in [0.717, 1.165) is 29.9 Å². The number of thioether (sulfide) groups is 1. The van der Waals surface area contributed by atoms with E-state index in [0.29, 0.717) is 10.8 Å². The van der Waals surface area contributed by atoms with Gasteiger partial charge in [-0.3, -0.25) is 9.59 Å². The molecule has 0 saturated heterocycles. The Morgan fingerprint density at radius 3 is 2.43 bits per heavy atom. The summed E-state index contributed by atoms with van der Waals surface area (Å²) < 4.78 is 0. The molecule has 0 saturated carbocycles. The fourth-order valence-corrected chi connectivity index (χ4v) is 3.29. The summed E-state index contributed by atoms with van der Waals surface area (Å²) in [6, 6.07) is 18.9. The van der Waals surface area contributed by atoms with E-state index in [1.54, 1.807) is 0 Å². The normalized spacial score (nSPS) is 10.5. The minimum absolute atomic E-state index is 0.155. The van der Waals surface area contributed by atoms with Gasteiger partial charge in [0.25, 0.3) is 5.56 Å². The molecule has 6 nitrogen and oxygen atoms in total. The highest BCUT2D eigenvalue weighted by Gasteiger charge is 2.07. The zero-order chi connectivity index (χ0) is 19.8. The number of H-pyrrole nitrogens is 1. The van der Waals surface area contributed by atoms with Crippen LogP contribution in [0.5, 0.6) is 0 Å². The molecule has 3 aromatic rings. The van der Waals surface area contributed by atoms with Gasteiger partial charge < -0.3 is 15.6 Å². The number of anilines is 3. The van der Waals surface area contributed by atoms with Crippen molar-refractivity contribution in [3.63, 3.8) is 0 Å². The summed E-state index contributed by atoms with van der Waals surface area (Å²) in [6.07, 6.45) is 1.66. The lowest BCUT2D eigenvalue weighted by atomic mass is 10.2. The Hall–Kier alpha value is -3.06. The maximum Gasteiger partial charge on any atom is 0.251 e. The van der Waals surface area contributed by atoms with Gasteiger partial charge in [-0.05, 0) is 42.8 Å². The van der Waals surface area contributed by atoms with Gasteiger partial charge in [-0.15, -0.1) is 0 Å². The average molecular weight is 395 g/mol. The van der Waals surface area contributed by atoms with Crippen LogP contribution in [-0.2, 0) is 11.2 Å². The Morgan fingerprint density at radius 2 is 1.71 bits per heavy atom. The second-order valence-corrected chi connectivity index (χ2v) is 7.16. The van der Waals surface area contributed by atoms with Crippen LogP contribution in [0.3, 0.4) is 0 Å². The summed E-state index contributed by atoms with van der Waals surface area (Å²) in [5, 5.41) is 6.61. The number of aromatic nitrogens is 2. The molecule has 3 N–H and O–H groups in total. The molecule has 0 atom stereocenters. The molecule has 7 heteroatoms. The minimum atomic E-state index is -0.192. The number of hydrogen-bond donors (Lipinski definition) is 3. The first-order chi connectivity index (χ1) is 13.6. The highest BCUT2D eigenvalue weighted by atomic mass is 32.2. The Morgan fingerprint density at radius 1 is 1.04 bits per heavy atom. The molecule has 0 aliphatic carbocycles. The van der Waals surface area contributed by atoms with Gasteiger partial charge in [0.2, 0.25) is 5.91 Å². The molecule has 0 fully saturated rings. The second kappa shape index (κ2) is 9.75. The molecule has 0 radical (unpaired) electrons. The van der Waals surface area contributed by atoms with Crippen molar-refractivity contribution in [1.29, 1.82) is 0 Å². The molecule has 1 amide bonds. The maximum absolute atomic E-state index is 12.2. The lowest BCUT2D eigenvalue weighted by molar-refractivity contribution is -0.113. The summed E-state index contributed by atoms with van der Waals surface area (Å²) >= 11 is 1.22. The molecule has 1 heterocycles. The second-order valence-electron chi connectivity index (χ2n) is 6.20. The topological polar surface area (TPSA) is 86.9 Å². The number of carbonyl (C=O) groups excluding carboxylic acids is 1. The van der Waals surface area contributed by atoms with E-state index in [-0.39, 0.29) is 17.2 Å². The first-order valence-electron chi connectivity index (χ1n) is 9.07. The number of benzene rings is 2. The summed E-state index contributed by atoms with van der Waals surface area (Å²) in [7, 11) is 0. The quantitative estimate of drug-likeness (QED) is 0.394. The van der Waals surface area contributed by atoms with Crippen LogP contribution in [0.4, 0.5) is 17.1 Å². The van der Waals surface area contributed by atoms with Crippen LogP contribution in [0.25, 0.3) is 0 Å². The third kappa shape index (κ3) is 5.99. The van der Waals surface area contributed by atoms with Gasteiger partial charge in [-0.2, -0.15) is 0 Å². The lowest BCUT2D eigenvalue weighted by Gasteiger charge is -2.09. The third-order valence-corrected chi connectivity index (χ3v) is 4.72. The minimum Gasteiger partial charge on any atom is -0.356 e. The number of nitrogens with one attached hydrogen (secondary N) is 3. The van der Waals surface area contributed by atoms with Crippen LogP contribution in [0.15, 0.2) is 70.6 Å². The van der Waals surface area contributed by atoms with Gasteiger partial charge in [0.1, 0.15) is 0 Å². The lowest BCUT2D eigenvalue weighted by Crippen LogP contribution is -2.15. The Labute approximate surface area is 167 Å². The standard InChI is InChI=1S/C21H22N4O2S/c1-2-6-18-13-19(26)25-21(24-18)28-14-20(27)23-17-11-9-16(10-12-17)22-15-7-4-3-5-8-15/h3-5,7-13,22H,2,6,14H2,1H3,(H,23,27)(H,24,25,26). The molecule has 28 heavy (non-hydrogen) atoms. The smallest absolute Gasteiger partial charge is 0.251 e. The molecule has 144 valence electrons. The van der Waals surface area contributed by atoms with E-state index in [9.17, 15) is 9.59 Å². The molecule has 1 aromatic heterocycles. The summed E-state index contributed by atoms with van der Waals surface area (Å²) in [5.74, 6) is 0.0139. The number of aryl methyl sites for hydroxylation is 1.